The molecule has 4 atom stereocenters. The highest BCUT2D eigenvalue weighted by Crippen LogP contribution is 2.19. The third-order valence-electron chi connectivity index (χ3n) is 3.21. The van der Waals surface area contributed by atoms with Crippen molar-refractivity contribution in [3.63, 3.8) is 0 Å². The highest BCUT2D eigenvalue weighted by atomic mass is 16.4. The maximum absolute atomic E-state index is 11.3. The van der Waals surface area contributed by atoms with Crippen molar-refractivity contribution in [3.05, 3.63) is 24.2 Å². The molecule has 0 saturated heterocycles. The summed E-state index contributed by atoms with van der Waals surface area (Å²) in [5.41, 5.74) is 0. The number of rotatable bonds is 8. The SMILES string of the molecule is CC(O)C(C(=O)O)C(NCc1ccco1)C(C)C(=O)O. The van der Waals surface area contributed by atoms with Gasteiger partial charge in [0.1, 0.15) is 5.76 Å². The molecule has 0 aromatic carbocycles. The van der Waals surface area contributed by atoms with Crippen LogP contribution in [0.1, 0.15) is 19.6 Å². The molecule has 0 fully saturated rings. The van der Waals surface area contributed by atoms with Gasteiger partial charge in [-0.3, -0.25) is 9.59 Å². The van der Waals surface area contributed by atoms with Crippen molar-refractivity contribution < 1.29 is 29.3 Å². The van der Waals surface area contributed by atoms with E-state index in [1.54, 1.807) is 12.1 Å². The van der Waals surface area contributed by atoms with Crippen molar-refractivity contribution in [1.82, 2.24) is 5.32 Å². The first-order valence-corrected chi connectivity index (χ1v) is 6.24. The summed E-state index contributed by atoms with van der Waals surface area (Å²) in [4.78, 5) is 22.4. The Hall–Kier alpha value is -1.86. The van der Waals surface area contributed by atoms with Crippen LogP contribution in [-0.4, -0.2) is 39.4 Å². The minimum Gasteiger partial charge on any atom is -0.481 e. The first-order chi connectivity index (χ1) is 9.34. The first kappa shape index (κ1) is 16.2. The lowest BCUT2D eigenvalue weighted by Crippen LogP contribution is -2.50. The second kappa shape index (κ2) is 7.06. The molecule has 0 aliphatic rings. The number of carboxylic acids is 2. The third-order valence-corrected chi connectivity index (χ3v) is 3.21. The molecule has 4 N–H and O–H groups in total. The van der Waals surface area contributed by atoms with Gasteiger partial charge in [0, 0.05) is 6.04 Å². The minimum atomic E-state index is -1.25. The van der Waals surface area contributed by atoms with Gasteiger partial charge in [-0.2, -0.15) is 0 Å². The lowest BCUT2D eigenvalue weighted by molar-refractivity contribution is -0.150. The zero-order valence-electron chi connectivity index (χ0n) is 11.3. The van der Waals surface area contributed by atoms with E-state index in [0.29, 0.717) is 5.76 Å². The molecule has 0 bridgehead atoms. The number of carbonyl (C=O) groups is 2. The summed E-state index contributed by atoms with van der Waals surface area (Å²) in [6, 6.07) is 2.44. The molecular weight excluding hydrogens is 266 g/mol. The molecule has 0 aliphatic carbocycles. The maximum Gasteiger partial charge on any atom is 0.310 e. The van der Waals surface area contributed by atoms with Gasteiger partial charge in [-0.05, 0) is 19.1 Å². The lowest BCUT2D eigenvalue weighted by Gasteiger charge is -2.29. The molecule has 0 spiro atoms. The Labute approximate surface area is 116 Å². The molecule has 1 heterocycles. The van der Waals surface area contributed by atoms with Crippen LogP contribution < -0.4 is 5.32 Å². The molecular formula is C13H19NO6. The molecule has 7 nitrogen and oxygen atoms in total. The van der Waals surface area contributed by atoms with Crippen molar-refractivity contribution in [2.45, 2.75) is 32.5 Å². The summed E-state index contributed by atoms with van der Waals surface area (Å²) in [5.74, 6) is -4.02. The van der Waals surface area contributed by atoms with E-state index in [1.807, 2.05) is 0 Å². The first-order valence-electron chi connectivity index (χ1n) is 6.24. The summed E-state index contributed by atoms with van der Waals surface area (Å²) in [5, 5.41) is 30.7. The number of nitrogens with one attached hydrogen (secondary N) is 1. The van der Waals surface area contributed by atoms with Crippen LogP contribution in [0.3, 0.4) is 0 Å². The molecule has 0 aliphatic heterocycles. The Morgan fingerprint density at radius 1 is 1.30 bits per heavy atom. The predicted molar refractivity (Wildman–Crippen MR) is 68.9 cm³/mol. The lowest BCUT2D eigenvalue weighted by atomic mass is 9.85. The Morgan fingerprint density at radius 2 is 1.95 bits per heavy atom. The van der Waals surface area contributed by atoms with Gasteiger partial charge in [-0.1, -0.05) is 6.92 Å². The smallest absolute Gasteiger partial charge is 0.310 e. The average molecular weight is 285 g/mol. The number of aliphatic hydroxyl groups excluding tert-OH is 1. The summed E-state index contributed by atoms with van der Waals surface area (Å²) < 4.78 is 5.10. The Balaban J connectivity index is 2.88. The third kappa shape index (κ3) is 4.07. The Bertz CT molecular complexity index is 442. The molecule has 0 radical (unpaired) electrons. The normalized spacial score (nSPS) is 17.1. The van der Waals surface area contributed by atoms with Crippen molar-refractivity contribution in [1.29, 1.82) is 0 Å². The quantitative estimate of drug-likeness (QED) is 0.550. The van der Waals surface area contributed by atoms with Crippen molar-refractivity contribution in [2.75, 3.05) is 0 Å². The van der Waals surface area contributed by atoms with Gasteiger partial charge in [0.25, 0.3) is 0 Å². The van der Waals surface area contributed by atoms with Crippen molar-refractivity contribution in [2.24, 2.45) is 11.8 Å². The Morgan fingerprint density at radius 3 is 2.35 bits per heavy atom. The number of aliphatic carboxylic acids is 2. The zero-order chi connectivity index (χ0) is 15.3. The van der Waals surface area contributed by atoms with E-state index < -0.39 is 35.9 Å². The summed E-state index contributed by atoms with van der Waals surface area (Å²) in [7, 11) is 0. The predicted octanol–water partition coefficient (Wildman–Crippen LogP) is 0.540. The fourth-order valence-corrected chi connectivity index (χ4v) is 2.06. The fraction of sp³-hybridized carbons (Fsp3) is 0.538. The van der Waals surface area contributed by atoms with Gasteiger partial charge in [0.2, 0.25) is 0 Å². The van der Waals surface area contributed by atoms with Crippen LogP contribution in [0.5, 0.6) is 0 Å². The van der Waals surface area contributed by atoms with Crippen LogP contribution in [-0.2, 0) is 16.1 Å². The molecule has 7 heteroatoms. The molecule has 1 aromatic rings. The number of hydrogen-bond acceptors (Lipinski definition) is 5. The van der Waals surface area contributed by atoms with Crippen LogP contribution in [0.25, 0.3) is 0 Å². The molecule has 1 rings (SSSR count). The summed E-state index contributed by atoms with van der Waals surface area (Å²) >= 11 is 0. The van der Waals surface area contributed by atoms with Crippen LogP contribution in [0.15, 0.2) is 22.8 Å². The minimum absolute atomic E-state index is 0.186. The molecule has 0 amide bonds. The average Bonchev–Trinajstić information content (AvgIpc) is 2.85. The molecule has 1 aromatic heterocycles. The van der Waals surface area contributed by atoms with Crippen LogP contribution >= 0.6 is 0 Å². The van der Waals surface area contributed by atoms with Gasteiger partial charge in [-0.15, -0.1) is 0 Å². The topological polar surface area (TPSA) is 120 Å². The van der Waals surface area contributed by atoms with Crippen molar-refractivity contribution in [3.8, 4) is 0 Å². The highest BCUT2D eigenvalue weighted by Gasteiger charge is 2.38. The van der Waals surface area contributed by atoms with E-state index in [2.05, 4.69) is 5.32 Å². The van der Waals surface area contributed by atoms with Crippen LogP contribution in [0.2, 0.25) is 0 Å². The van der Waals surface area contributed by atoms with Gasteiger partial charge in [0.05, 0.1) is 30.7 Å². The van der Waals surface area contributed by atoms with E-state index in [4.69, 9.17) is 9.52 Å². The number of hydrogen-bond donors (Lipinski definition) is 4. The van der Waals surface area contributed by atoms with Gasteiger partial charge >= 0.3 is 11.9 Å². The number of aliphatic hydroxyl groups is 1. The summed E-state index contributed by atoms with van der Waals surface area (Å²) in [6.07, 6.45) is 0.291. The Kier molecular flexibility index (Phi) is 5.72. The van der Waals surface area contributed by atoms with Crippen LogP contribution in [0.4, 0.5) is 0 Å². The number of furan rings is 1. The second-order valence-electron chi connectivity index (χ2n) is 4.72. The molecule has 4 unspecified atom stereocenters. The zero-order valence-corrected chi connectivity index (χ0v) is 11.3. The van der Waals surface area contributed by atoms with Gasteiger partial charge in [0.15, 0.2) is 0 Å². The monoisotopic (exact) mass is 285 g/mol. The van der Waals surface area contributed by atoms with Crippen LogP contribution in [0, 0.1) is 11.8 Å². The number of carboxylic acid groups (broad SMARTS) is 2. The van der Waals surface area contributed by atoms with E-state index in [-0.39, 0.29) is 6.54 Å². The van der Waals surface area contributed by atoms with Gasteiger partial charge in [-0.25, -0.2) is 0 Å². The standard InChI is InChI=1S/C13H19NO6/c1-7(12(16)17)11(10(8(2)15)13(18)19)14-6-9-4-3-5-20-9/h3-5,7-8,10-11,14-15H,6H2,1-2H3,(H,16,17)(H,18,19). The van der Waals surface area contributed by atoms with E-state index in [9.17, 15) is 19.8 Å². The molecule has 112 valence electrons. The van der Waals surface area contributed by atoms with E-state index in [1.165, 1.54) is 20.1 Å². The second-order valence-corrected chi connectivity index (χ2v) is 4.72. The van der Waals surface area contributed by atoms with Crippen molar-refractivity contribution >= 4 is 11.9 Å². The maximum atomic E-state index is 11.3. The largest absolute Gasteiger partial charge is 0.481 e. The van der Waals surface area contributed by atoms with E-state index in [0.717, 1.165) is 0 Å². The van der Waals surface area contributed by atoms with Gasteiger partial charge < -0.3 is 25.1 Å². The molecule has 0 saturated carbocycles. The fourth-order valence-electron chi connectivity index (χ4n) is 2.06. The van der Waals surface area contributed by atoms with E-state index >= 15 is 0 Å². The molecule has 20 heavy (non-hydrogen) atoms. The summed E-state index contributed by atoms with van der Waals surface area (Å²) in [6.45, 7) is 2.92. The highest BCUT2D eigenvalue weighted by molar-refractivity contribution is 5.75.